The van der Waals surface area contributed by atoms with Gasteiger partial charge in [-0.3, -0.25) is 9.59 Å². The molecule has 31 heavy (non-hydrogen) atoms. The molecule has 1 heterocycles. The highest BCUT2D eigenvalue weighted by Crippen LogP contribution is 2.35. The summed E-state index contributed by atoms with van der Waals surface area (Å²) in [4.78, 5) is 36.5. The highest BCUT2D eigenvalue weighted by Gasteiger charge is 2.29. The van der Waals surface area contributed by atoms with Crippen molar-refractivity contribution in [3.05, 3.63) is 28.4 Å². The van der Waals surface area contributed by atoms with Gasteiger partial charge >= 0.3 is 6.09 Å². The van der Waals surface area contributed by atoms with Crippen molar-refractivity contribution >= 4 is 50.5 Å². The number of halogens is 1. The summed E-state index contributed by atoms with van der Waals surface area (Å²) >= 11 is 3.39. The van der Waals surface area contributed by atoms with E-state index in [0.717, 1.165) is 17.3 Å². The van der Waals surface area contributed by atoms with Gasteiger partial charge in [0.2, 0.25) is 11.7 Å². The summed E-state index contributed by atoms with van der Waals surface area (Å²) in [5.41, 5.74) is 5.70. The van der Waals surface area contributed by atoms with Crippen LogP contribution in [0.15, 0.2) is 27.1 Å². The Bertz CT molecular complexity index is 987. The third-order valence-electron chi connectivity index (χ3n) is 5.27. The lowest BCUT2D eigenvalue weighted by Crippen LogP contribution is -2.37. The molecule has 1 fully saturated rings. The molecule has 1 aromatic heterocycles. The number of hydrogen-bond acceptors (Lipinski definition) is 5. The van der Waals surface area contributed by atoms with E-state index in [4.69, 9.17) is 14.9 Å². The van der Waals surface area contributed by atoms with Crippen LogP contribution in [0.3, 0.4) is 0 Å². The van der Waals surface area contributed by atoms with Crippen molar-refractivity contribution in [2.75, 3.05) is 11.9 Å². The minimum absolute atomic E-state index is 0.0586. The predicted molar refractivity (Wildman–Crippen MR) is 121 cm³/mol. The van der Waals surface area contributed by atoms with Crippen molar-refractivity contribution in [2.45, 2.75) is 52.1 Å². The second kappa shape index (κ2) is 9.30. The van der Waals surface area contributed by atoms with E-state index in [-0.39, 0.29) is 17.6 Å². The van der Waals surface area contributed by atoms with Crippen molar-refractivity contribution in [1.82, 2.24) is 5.32 Å². The van der Waals surface area contributed by atoms with Gasteiger partial charge in [-0.1, -0.05) is 15.9 Å². The maximum absolute atomic E-state index is 12.9. The van der Waals surface area contributed by atoms with Gasteiger partial charge in [0.15, 0.2) is 0 Å². The topological polar surface area (TPSA) is 124 Å². The van der Waals surface area contributed by atoms with Gasteiger partial charge in [0.05, 0.1) is 0 Å². The Balaban J connectivity index is 1.58. The van der Waals surface area contributed by atoms with Crippen LogP contribution < -0.4 is 16.4 Å². The number of nitrogens with two attached hydrogens (primary N) is 1. The molecule has 1 aromatic carbocycles. The summed E-state index contributed by atoms with van der Waals surface area (Å²) in [6.07, 6.45) is 2.59. The van der Waals surface area contributed by atoms with E-state index in [1.807, 2.05) is 20.8 Å². The molecule has 2 aromatic rings. The first-order chi connectivity index (χ1) is 14.5. The van der Waals surface area contributed by atoms with E-state index >= 15 is 0 Å². The van der Waals surface area contributed by atoms with Crippen LogP contribution in [-0.2, 0) is 9.53 Å². The molecule has 0 bridgehead atoms. The molecule has 0 radical (unpaired) electrons. The summed E-state index contributed by atoms with van der Waals surface area (Å²) < 4.78 is 11.6. The molecule has 3 rings (SSSR count). The molecule has 1 saturated carbocycles. The van der Waals surface area contributed by atoms with Gasteiger partial charge in [-0.2, -0.15) is 0 Å². The number of hydrogen-bond donors (Lipinski definition) is 3. The molecule has 0 saturated heterocycles. The maximum atomic E-state index is 12.9. The SMILES string of the molecule is CC(C)(C)OC(=O)NCC1CCC(C(=O)Nc2c(C(N)=O)oc3ccc(Br)cc23)CC1. The molecule has 4 N–H and O–H groups in total. The fraction of sp³-hybridized carbons (Fsp3) is 0.500. The lowest BCUT2D eigenvalue weighted by molar-refractivity contribution is -0.121. The molecular weight excluding hydrogens is 466 g/mol. The number of primary amides is 1. The number of amides is 3. The van der Waals surface area contributed by atoms with Crippen molar-refractivity contribution in [3.63, 3.8) is 0 Å². The first kappa shape index (κ1) is 23.1. The van der Waals surface area contributed by atoms with Gasteiger partial charge in [0.25, 0.3) is 5.91 Å². The standard InChI is InChI=1S/C22H28BrN3O5/c1-22(2,3)31-21(29)25-11-12-4-6-13(7-5-12)20(28)26-17-15-10-14(23)8-9-16(15)30-18(17)19(24)27/h8-10,12-13H,4-7,11H2,1-3H3,(H2,24,27)(H,25,29)(H,26,28). The molecule has 0 atom stereocenters. The molecule has 3 amide bonds. The smallest absolute Gasteiger partial charge is 0.407 e. The normalized spacial score (nSPS) is 19.1. The number of fused-ring (bicyclic) bond motifs is 1. The third kappa shape index (κ3) is 6.00. The van der Waals surface area contributed by atoms with Gasteiger partial charge < -0.3 is 25.5 Å². The summed E-state index contributed by atoms with van der Waals surface area (Å²) in [6.45, 7) is 5.99. The number of ether oxygens (including phenoxy) is 1. The van der Waals surface area contributed by atoms with E-state index in [1.54, 1.807) is 18.2 Å². The molecule has 9 heteroatoms. The second-order valence-corrected chi connectivity index (χ2v) is 9.82. The highest BCUT2D eigenvalue weighted by atomic mass is 79.9. The number of furan rings is 1. The van der Waals surface area contributed by atoms with Crippen LogP contribution in [-0.4, -0.2) is 30.1 Å². The molecule has 1 aliphatic rings. The lowest BCUT2D eigenvalue weighted by atomic mass is 9.81. The van der Waals surface area contributed by atoms with Crippen LogP contribution in [0.25, 0.3) is 11.0 Å². The maximum Gasteiger partial charge on any atom is 0.407 e. The van der Waals surface area contributed by atoms with Gasteiger partial charge in [-0.15, -0.1) is 0 Å². The Morgan fingerprint density at radius 1 is 1.19 bits per heavy atom. The first-order valence-electron chi connectivity index (χ1n) is 10.3. The molecule has 0 unspecified atom stereocenters. The van der Waals surface area contributed by atoms with E-state index in [2.05, 4.69) is 26.6 Å². The second-order valence-electron chi connectivity index (χ2n) is 8.90. The van der Waals surface area contributed by atoms with Crippen molar-refractivity contribution in [3.8, 4) is 0 Å². The van der Waals surface area contributed by atoms with Gasteiger partial charge in [-0.25, -0.2) is 4.79 Å². The van der Waals surface area contributed by atoms with E-state index in [1.165, 1.54) is 0 Å². The van der Waals surface area contributed by atoms with E-state index < -0.39 is 17.6 Å². The Morgan fingerprint density at radius 2 is 1.87 bits per heavy atom. The van der Waals surface area contributed by atoms with Crippen LogP contribution in [0.2, 0.25) is 0 Å². The molecule has 0 spiro atoms. The zero-order valence-corrected chi connectivity index (χ0v) is 19.5. The zero-order chi connectivity index (χ0) is 22.8. The lowest BCUT2D eigenvalue weighted by Gasteiger charge is -2.28. The average molecular weight is 494 g/mol. The number of rotatable bonds is 5. The fourth-order valence-electron chi connectivity index (χ4n) is 3.76. The Kier molecular flexibility index (Phi) is 6.93. The van der Waals surface area contributed by atoms with Crippen LogP contribution in [0, 0.1) is 11.8 Å². The van der Waals surface area contributed by atoms with Gasteiger partial charge in [0.1, 0.15) is 16.9 Å². The number of anilines is 1. The highest BCUT2D eigenvalue weighted by molar-refractivity contribution is 9.10. The number of alkyl carbamates (subject to hydrolysis) is 1. The monoisotopic (exact) mass is 493 g/mol. The van der Waals surface area contributed by atoms with Crippen molar-refractivity contribution in [1.29, 1.82) is 0 Å². The van der Waals surface area contributed by atoms with Crippen LogP contribution in [0.1, 0.15) is 57.0 Å². The first-order valence-corrected chi connectivity index (χ1v) is 11.1. The van der Waals surface area contributed by atoms with Crippen molar-refractivity contribution in [2.24, 2.45) is 17.6 Å². The van der Waals surface area contributed by atoms with Crippen LogP contribution in [0.4, 0.5) is 10.5 Å². The third-order valence-corrected chi connectivity index (χ3v) is 5.77. The number of carbonyl (C=O) groups excluding carboxylic acids is 3. The summed E-state index contributed by atoms with van der Waals surface area (Å²) in [5, 5.41) is 6.28. The molecule has 1 aliphatic carbocycles. The summed E-state index contributed by atoms with van der Waals surface area (Å²) in [5.74, 6) is -0.848. The minimum atomic E-state index is -0.737. The summed E-state index contributed by atoms with van der Waals surface area (Å²) in [6, 6.07) is 5.28. The predicted octanol–water partition coefficient (Wildman–Crippen LogP) is 4.56. The number of carbonyl (C=O) groups is 3. The van der Waals surface area contributed by atoms with Gasteiger partial charge in [0, 0.05) is 22.3 Å². The minimum Gasteiger partial charge on any atom is -0.449 e. The van der Waals surface area contributed by atoms with E-state index in [9.17, 15) is 14.4 Å². The Labute approximate surface area is 189 Å². The van der Waals surface area contributed by atoms with Crippen LogP contribution in [0.5, 0.6) is 0 Å². The fourth-order valence-corrected chi connectivity index (χ4v) is 4.12. The largest absolute Gasteiger partial charge is 0.449 e. The molecular formula is C22H28BrN3O5. The Hall–Kier alpha value is -2.55. The molecule has 0 aliphatic heterocycles. The van der Waals surface area contributed by atoms with Crippen LogP contribution >= 0.6 is 15.9 Å². The summed E-state index contributed by atoms with van der Waals surface area (Å²) in [7, 11) is 0. The zero-order valence-electron chi connectivity index (χ0n) is 17.9. The van der Waals surface area contributed by atoms with Crippen molar-refractivity contribution < 1.29 is 23.5 Å². The number of benzene rings is 1. The van der Waals surface area contributed by atoms with E-state index in [0.29, 0.717) is 42.0 Å². The molecule has 168 valence electrons. The Morgan fingerprint density at radius 3 is 2.48 bits per heavy atom. The molecule has 8 nitrogen and oxygen atoms in total. The van der Waals surface area contributed by atoms with Gasteiger partial charge in [-0.05, 0) is 70.6 Å². The quantitative estimate of drug-likeness (QED) is 0.562. The number of nitrogens with one attached hydrogen (secondary N) is 2. The average Bonchev–Trinajstić information content (AvgIpc) is 3.03.